The van der Waals surface area contributed by atoms with Crippen molar-refractivity contribution >= 4 is 33.9 Å². The Bertz CT molecular complexity index is 1120. The number of fused-ring (bicyclic) bond motifs is 1. The fraction of sp³-hybridized carbons (Fsp3) is 0.222. The van der Waals surface area contributed by atoms with Crippen LogP contribution in [-0.4, -0.2) is 32.3 Å². The zero-order valence-corrected chi connectivity index (χ0v) is 15.4. The number of benzene rings is 1. The number of hydrogen-bond acceptors (Lipinski definition) is 5. The van der Waals surface area contributed by atoms with Crippen molar-refractivity contribution in [2.75, 3.05) is 4.90 Å². The minimum atomic E-state index is -0.725. The van der Waals surface area contributed by atoms with Crippen LogP contribution in [0.2, 0.25) is 0 Å². The van der Waals surface area contributed by atoms with Crippen LogP contribution in [-0.2, 0) is 11.3 Å². The van der Waals surface area contributed by atoms with E-state index in [1.54, 1.807) is 6.92 Å². The number of thiazole rings is 1. The number of halogens is 1. The fourth-order valence-corrected chi connectivity index (χ4v) is 4.04. The van der Waals surface area contributed by atoms with Gasteiger partial charge < -0.3 is 0 Å². The van der Waals surface area contributed by atoms with Gasteiger partial charge in [0, 0.05) is 22.8 Å². The van der Waals surface area contributed by atoms with Gasteiger partial charge >= 0.3 is 6.03 Å². The third-order valence-electron chi connectivity index (χ3n) is 4.50. The molecule has 9 heteroatoms. The molecule has 1 aliphatic heterocycles. The molecule has 138 valence electrons. The Kier molecular flexibility index (Phi) is 4.03. The van der Waals surface area contributed by atoms with E-state index in [9.17, 15) is 18.8 Å². The van der Waals surface area contributed by atoms with Gasteiger partial charge in [-0.3, -0.25) is 23.8 Å². The van der Waals surface area contributed by atoms with Gasteiger partial charge in [0.2, 0.25) is 0 Å². The lowest BCUT2D eigenvalue weighted by Crippen LogP contribution is -2.34. The predicted molar refractivity (Wildman–Crippen MR) is 98.4 cm³/mol. The summed E-state index contributed by atoms with van der Waals surface area (Å²) >= 11 is 1.32. The van der Waals surface area contributed by atoms with Crippen LogP contribution in [0.4, 0.5) is 14.9 Å². The summed E-state index contributed by atoms with van der Waals surface area (Å²) in [7, 11) is 0. The molecule has 1 unspecified atom stereocenters. The first-order chi connectivity index (χ1) is 12.9. The Hall–Kier alpha value is -3.07. The van der Waals surface area contributed by atoms with Crippen molar-refractivity contribution in [3.05, 3.63) is 63.3 Å². The van der Waals surface area contributed by atoms with Crippen molar-refractivity contribution in [1.82, 2.24) is 14.3 Å². The first-order valence-corrected chi connectivity index (χ1v) is 9.11. The zero-order valence-electron chi connectivity index (χ0n) is 14.5. The van der Waals surface area contributed by atoms with Crippen LogP contribution in [0.1, 0.15) is 18.3 Å². The average Bonchev–Trinajstić information content (AvgIpc) is 3.10. The maximum Gasteiger partial charge on any atom is 0.332 e. The molecule has 0 radical (unpaired) electrons. The van der Waals surface area contributed by atoms with Crippen LogP contribution in [0.3, 0.4) is 0 Å². The van der Waals surface area contributed by atoms with Crippen molar-refractivity contribution in [3.63, 3.8) is 0 Å². The van der Waals surface area contributed by atoms with Crippen LogP contribution in [0.15, 0.2) is 40.5 Å². The minimum absolute atomic E-state index is 0.0949. The summed E-state index contributed by atoms with van der Waals surface area (Å²) in [6.45, 7) is 3.32. The molecule has 0 bridgehead atoms. The lowest BCUT2D eigenvalue weighted by molar-refractivity contribution is -0.127. The smallest absolute Gasteiger partial charge is 0.282 e. The summed E-state index contributed by atoms with van der Waals surface area (Å²) < 4.78 is 14.6. The van der Waals surface area contributed by atoms with Crippen molar-refractivity contribution in [2.24, 2.45) is 0 Å². The Morgan fingerprint density at radius 3 is 2.59 bits per heavy atom. The Morgan fingerprint density at radius 2 is 1.89 bits per heavy atom. The molecule has 4 rings (SSSR count). The van der Waals surface area contributed by atoms with E-state index in [2.05, 4.69) is 4.98 Å². The average molecular weight is 386 g/mol. The maximum absolute atomic E-state index is 13.2. The highest BCUT2D eigenvalue weighted by Gasteiger charge is 2.43. The van der Waals surface area contributed by atoms with Crippen LogP contribution < -0.4 is 10.5 Å². The number of anilines is 1. The summed E-state index contributed by atoms with van der Waals surface area (Å²) in [6, 6.07) is 5.45. The third-order valence-corrected chi connectivity index (χ3v) is 5.44. The molecular weight excluding hydrogens is 371 g/mol. The molecule has 1 fully saturated rings. The molecule has 1 aromatic carbocycles. The SMILES string of the molecule is Cc1csc2nc(CN3C(=O)C(C)N(c4ccc(F)cc4)C3=O)cc(=O)n12. The summed E-state index contributed by atoms with van der Waals surface area (Å²) in [5, 5.41) is 1.82. The molecule has 2 aromatic heterocycles. The lowest BCUT2D eigenvalue weighted by atomic mass is 10.2. The van der Waals surface area contributed by atoms with E-state index in [4.69, 9.17) is 0 Å². The Morgan fingerprint density at radius 1 is 1.19 bits per heavy atom. The van der Waals surface area contributed by atoms with E-state index >= 15 is 0 Å². The van der Waals surface area contributed by atoms with Gasteiger partial charge in [0.1, 0.15) is 11.9 Å². The molecule has 1 aliphatic rings. The number of carbonyl (C=O) groups is 2. The Balaban J connectivity index is 1.66. The largest absolute Gasteiger partial charge is 0.332 e. The highest BCUT2D eigenvalue weighted by molar-refractivity contribution is 7.15. The number of hydrogen-bond donors (Lipinski definition) is 0. The molecule has 0 N–H and O–H groups in total. The number of aromatic nitrogens is 2. The lowest BCUT2D eigenvalue weighted by Gasteiger charge is -2.19. The molecule has 1 saturated heterocycles. The summed E-state index contributed by atoms with van der Waals surface area (Å²) in [6.07, 6.45) is 0. The number of nitrogens with zero attached hydrogens (tertiary/aromatic N) is 4. The van der Waals surface area contributed by atoms with E-state index in [1.807, 2.05) is 12.3 Å². The van der Waals surface area contributed by atoms with Crippen molar-refractivity contribution in [3.8, 4) is 0 Å². The van der Waals surface area contributed by atoms with E-state index in [0.717, 1.165) is 10.6 Å². The summed E-state index contributed by atoms with van der Waals surface area (Å²) in [5.74, 6) is -0.820. The molecule has 3 amide bonds. The molecule has 1 atom stereocenters. The van der Waals surface area contributed by atoms with Crippen molar-refractivity contribution in [1.29, 1.82) is 0 Å². The standard InChI is InChI=1S/C18H15FN4O3S/c1-10-9-27-17-20-13(7-15(24)22(10)17)8-21-16(25)11(2)23(18(21)26)14-5-3-12(19)4-6-14/h3-7,9,11H,8H2,1-2H3. The normalized spacial score (nSPS) is 17.4. The maximum atomic E-state index is 13.2. The quantitative estimate of drug-likeness (QED) is 0.649. The molecule has 0 saturated carbocycles. The molecule has 27 heavy (non-hydrogen) atoms. The first kappa shape index (κ1) is 17.3. The molecule has 0 spiro atoms. The van der Waals surface area contributed by atoms with E-state index < -0.39 is 23.8 Å². The van der Waals surface area contributed by atoms with Crippen molar-refractivity contribution in [2.45, 2.75) is 26.4 Å². The van der Waals surface area contributed by atoms with Crippen LogP contribution in [0.5, 0.6) is 0 Å². The number of urea groups is 1. The minimum Gasteiger partial charge on any atom is -0.282 e. The molecule has 3 heterocycles. The Labute approximate surface area is 157 Å². The molecule has 7 nitrogen and oxygen atoms in total. The number of rotatable bonds is 3. The number of carbonyl (C=O) groups excluding carboxylic acids is 2. The number of aryl methyl sites for hydroxylation is 1. The third kappa shape index (κ3) is 2.80. The topological polar surface area (TPSA) is 75.0 Å². The van der Waals surface area contributed by atoms with Gasteiger partial charge in [-0.1, -0.05) is 0 Å². The van der Waals surface area contributed by atoms with Gasteiger partial charge in [0.05, 0.1) is 12.2 Å². The van der Waals surface area contributed by atoms with Gasteiger partial charge in [-0.05, 0) is 38.1 Å². The van der Waals surface area contributed by atoms with Gasteiger partial charge in [-0.15, -0.1) is 11.3 Å². The second-order valence-electron chi connectivity index (χ2n) is 6.31. The highest BCUT2D eigenvalue weighted by Crippen LogP contribution is 2.27. The van der Waals surface area contributed by atoms with Gasteiger partial charge in [0.25, 0.3) is 11.5 Å². The van der Waals surface area contributed by atoms with E-state index in [-0.39, 0.29) is 12.1 Å². The molecule has 3 aromatic rings. The second-order valence-corrected chi connectivity index (χ2v) is 7.15. The van der Waals surface area contributed by atoms with Crippen LogP contribution >= 0.6 is 11.3 Å². The second kappa shape index (κ2) is 6.27. The molecule has 0 aliphatic carbocycles. The predicted octanol–water partition coefficient (Wildman–Crippen LogP) is 2.56. The van der Waals surface area contributed by atoms with E-state index in [0.29, 0.717) is 16.3 Å². The van der Waals surface area contributed by atoms with Gasteiger partial charge in [-0.25, -0.2) is 14.2 Å². The molecular formula is C18H15FN4O3S. The number of imide groups is 1. The fourth-order valence-electron chi connectivity index (χ4n) is 3.15. The van der Waals surface area contributed by atoms with Crippen LogP contribution in [0, 0.1) is 12.7 Å². The first-order valence-electron chi connectivity index (χ1n) is 8.24. The van der Waals surface area contributed by atoms with Crippen LogP contribution in [0.25, 0.3) is 4.96 Å². The highest BCUT2D eigenvalue weighted by atomic mass is 32.1. The van der Waals surface area contributed by atoms with Crippen molar-refractivity contribution < 1.29 is 14.0 Å². The van der Waals surface area contributed by atoms with E-state index in [1.165, 1.54) is 51.0 Å². The monoisotopic (exact) mass is 386 g/mol. The van der Waals surface area contributed by atoms with Gasteiger partial charge in [-0.2, -0.15) is 0 Å². The summed E-state index contributed by atoms with van der Waals surface area (Å²) in [5.41, 5.74) is 1.30. The van der Waals surface area contributed by atoms with Gasteiger partial charge in [0.15, 0.2) is 4.96 Å². The number of amides is 3. The summed E-state index contributed by atoms with van der Waals surface area (Å²) in [4.78, 5) is 45.0. The zero-order chi connectivity index (χ0) is 19.3.